The van der Waals surface area contributed by atoms with Crippen LogP contribution in [0.5, 0.6) is 0 Å². The van der Waals surface area contributed by atoms with Crippen LogP contribution in [-0.2, 0) is 6.18 Å². The van der Waals surface area contributed by atoms with Gasteiger partial charge in [0.1, 0.15) is 11.8 Å². The molecule has 0 aliphatic heterocycles. The first-order chi connectivity index (χ1) is 13.8. The first-order valence-electron chi connectivity index (χ1n) is 8.56. The van der Waals surface area contributed by atoms with E-state index in [0.717, 1.165) is 12.1 Å². The molecule has 1 atom stereocenters. The van der Waals surface area contributed by atoms with Crippen molar-refractivity contribution in [3.8, 4) is 11.3 Å². The minimum Gasteiger partial charge on any atom is -0.383 e. The Morgan fingerprint density at radius 1 is 1.21 bits per heavy atom. The Bertz CT molecular complexity index is 1050. The van der Waals surface area contributed by atoms with Crippen molar-refractivity contribution >= 4 is 5.57 Å². The highest BCUT2D eigenvalue weighted by molar-refractivity contribution is 5.77. The molecular weight excluding hydrogens is 381 g/mol. The van der Waals surface area contributed by atoms with E-state index in [9.17, 15) is 18.3 Å². The largest absolute Gasteiger partial charge is 0.416 e. The number of aliphatic hydroxyl groups excluding tert-OH is 1. The second-order valence-corrected chi connectivity index (χ2v) is 6.16. The molecule has 1 aromatic carbocycles. The average molecular weight is 398 g/mol. The maximum atomic E-state index is 13.1. The Hall–Kier alpha value is -3.45. The molecule has 1 unspecified atom stereocenters. The lowest BCUT2D eigenvalue weighted by atomic mass is 9.94. The lowest BCUT2D eigenvalue weighted by Gasteiger charge is -2.13. The molecule has 3 rings (SSSR count). The van der Waals surface area contributed by atoms with Crippen molar-refractivity contribution in [2.75, 3.05) is 0 Å². The highest BCUT2D eigenvalue weighted by Crippen LogP contribution is 2.38. The van der Waals surface area contributed by atoms with Gasteiger partial charge in [-0.05, 0) is 18.2 Å². The predicted molar refractivity (Wildman–Crippen MR) is 104 cm³/mol. The van der Waals surface area contributed by atoms with Crippen molar-refractivity contribution in [2.24, 2.45) is 0 Å². The van der Waals surface area contributed by atoms with Crippen LogP contribution in [0, 0.1) is 0 Å². The first kappa shape index (κ1) is 20.3. The summed E-state index contributed by atoms with van der Waals surface area (Å²) in [7, 11) is 0. The molecule has 7 heteroatoms. The number of benzene rings is 1. The third kappa shape index (κ3) is 4.35. The van der Waals surface area contributed by atoms with Crippen LogP contribution in [-0.4, -0.2) is 15.2 Å². The third-order valence-corrected chi connectivity index (χ3v) is 4.19. The van der Waals surface area contributed by atoms with Gasteiger partial charge in [-0.3, -0.25) is 4.98 Å². The topological polar surface area (TPSA) is 59.2 Å². The number of hydrogen-bond donors (Lipinski definition) is 1. The molecule has 0 bridgehead atoms. The van der Waals surface area contributed by atoms with Crippen molar-refractivity contribution in [3.05, 3.63) is 103 Å². The molecule has 2 aromatic heterocycles. The Balaban J connectivity index is 2.18. The fraction of sp³-hybridized carbons (Fsp3) is 0.0909. The summed E-state index contributed by atoms with van der Waals surface area (Å²) in [6.45, 7) is 7.47. The van der Waals surface area contributed by atoms with Crippen LogP contribution >= 0.6 is 0 Å². The lowest BCUT2D eigenvalue weighted by molar-refractivity contribution is -0.137. The maximum absolute atomic E-state index is 13.1. The van der Waals surface area contributed by atoms with Gasteiger partial charge in [0.05, 0.1) is 11.1 Å². The van der Waals surface area contributed by atoms with Crippen LogP contribution in [0.3, 0.4) is 0 Å². The van der Waals surface area contributed by atoms with Gasteiger partial charge in [0.15, 0.2) is 5.76 Å². The zero-order chi connectivity index (χ0) is 21.0. The number of halogens is 3. The Morgan fingerprint density at radius 3 is 2.66 bits per heavy atom. The van der Waals surface area contributed by atoms with Gasteiger partial charge in [0, 0.05) is 29.1 Å². The minimum absolute atomic E-state index is 0.0932. The van der Waals surface area contributed by atoms with E-state index in [-0.39, 0.29) is 22.6 Å². The molecule has 0 fully saturated rings. The van der Waals surface area contributed by atoms with Gasteiger partial charge in [-0.2, -0.15) is 13.2 Å². The minimum atomic E-state index is -4.51. The Labute approximate surface area is 165 Å². The van der Waals surface area contributed by atoms with E-state index < -0.39 is 17.8 Å². The van der Waals surface area contributed by atoms with Crippen LogP contribution in [0.2, 0.25) is 0 Å². The van der Waals surface area contributed by atoms with Crippen molar-refractivity contribution in [1.29, 1.82) is 0 Å². The summed E-state index contributed by atoms with van der Waals surface area (Å²) in [6, 6.07) is 7.96. The number of aromatic nitrogens is 2. The SMILES string of the molecule is C=C/C=C\C(=C)c1onc(-c2cccc(C(F)(F)F)c2)c1C(O)c1cccnc1. The van der Waals surface area contributed by atoms with Gasteiger partial charge < -0.3 is 9.63 Å². The van der Waals surface area contributed by atoms with E-state index in [2.05, 4.69) is 23.3 Å². The molecule has 0 aliphatic carbocycles. The van der Waals surface area contributed by atoms with Crippen LogP contribution in [0.25, 0.3) is 16.8 Å². The van der Waals surface area contributed by atoms with Crippen molar-refractivity contribution in [3.63, 3.8) is 0 Å². The molecule has 3 aromatic rings. The van der Waals surface area contributed by atoms with E-state index in [1.54, 1.807) is 30.5 Å². The number of rotatable bonds is 6. The molecule has 4 nitrogen and oxygen atoms in total. The molecule has 0 saturated carbocycles. The van der Waals surface area contributed by atoms with Gasteiger partial charge in [-0.1, -0.05) is 54.7 Å². The quantitative estimate of drug-likeness (QED) is 0.550. The van der Waals surface area contributed by atoms with Gasteiger partial charge in [0.2, 0.25) is 0 Å². The summed E-state index contributed by atoms with van der Waals surface area (Å²) in [4.78, 5) is 3.98. The highest BCUT2D eigenvalue weighted by Gasteiger charge is 2.32. The maximum Gasteiger partial charge on any atom is 0.416 e. The van der Waals surface area contributed by atoms with Crippen molar-refractivity contribution < 1.29 is 22.8 Å². The standard InChI is InChI=1S/C22H17F3N2O2/c1-3-4-7-14(2)21-18(20(28)16-9-6-11-26-13-16)19(27-29-21)15-8-5-10-17(12-15)22(23,24)25/h3-13,20,28H,1-2H2/b7-4-. The fourth-order valence-corrected chi connectivity index (χ4v) is 2.80. The molecule has 0 saturated heterocycles. The lowest BCUT2D eigenvalue weighted by Crippen LogP contribution is -2.06. The van der Waals surface area contributed by atoms with Gasteiger partial charge >= 0.3 is 6.18 Å². The average Bonchev–Trinajstić information content (AvgIpc) is 3.17. The monoisotopic (exact) mass is 398 g/mol. The number of nitrogens with zero attached hydrogens (tertiary/aromatic N) is 2. The van der Waals surface area contributed by atoms with Crippen molar-refractivity contribution in [2.45, 2.75) is 12.3 Å². The summed E-state index contributed by atoms with van der Waals surface area (Å²) in [5.41, 5.74) is 0.450. The van der Waals surface area contributed by atoms with E-state index in [0.29, 0.717) is 11.1 Å². The van der Waals surface area contributed by atoms with Gasteiger partial charge in [0.25, 0.3) is 0 Å². The molecular formula is C22H17F3N2O2. The number of alkyl halides is 3. The molecule has 29 heavy (non-hydrogen) atoms. The van der Waals surface area contributed by atoms with Gasteiger partial charge in [-0.15, -0.1) is 0 Å². The summed E-state index contributed by atoms with van der Waals surface area (Å²) in [5.74, 6) is 0.159. The third-order valence-electron chi connectivity index (χ3n) is 4.19. The Morgan fingerprint density at radius 2 is 2.00 bits per heavy atom. The second-order valence-electron chi connectivity index (χ2n) is 6.16. The highest BCUT2D eigenvalue weighted by atomic mass is 19.4. The zero-order valence-electron chi connectivity index (χ0n) is 15.2. The first-order valence-corrected chi connectivity index (χ1v) is 8.56. The number of allylic oxidation sites excluding steroid dienone is 4. The van der Waals surface area contributed by atoms with Gasteiger partial charge in [-0.25, -0.2) is 0 Å². The predicted octanol–water partition coefficient (Wildman–Crippen LogP) is 5.59. The summed E-state index contributed by atoms with van der Waals surface area (Å²) in [6.07, 6.45) is 2.01. The molecule has 0 spiro atoms. The van der Waals surface area contributed by atoms with Crippen molar-refractivity contribution in [1.82, 2.24) is 10.1 Å². The summed E-state index contributed by atoms with van der Waals surface area (Å²) >= 11 is 0. The Kier molecular flexibility index (Phi) is 5.79. The number of pyridine rings is 1. The summed E-state index contributed by atoms with van der Waals surface area (Å²) in [5, 5.41) is 14.9. The smallest absolute Gasteiger partial charge is 0.383 e. The van der Waals surface area contributed by atoms with E-state index >= 15 is 0 Å². The molecule has 0 aliphatic rings. The molecule has 148 valence electrons. The molecule has 2 heterocycles. The molecule has 1 N–H and O–H groups in total. The van der Waals surface area contributed by atoms with E-state index in [4.69, 9.17) is 4.52 Å². The molecule has 0 amide bonds. The van der Waals surface area contributed by atoms with Crippen LogP contribution < -0.4 is 0 Å². The molecule has 0 radical (unpaired) electrons. The second kappa shape index (κ2) is 8.28. The number of hydrogen-bond acceptors (Lipinski definition) is 4. The normalized spacial score (nSPS) is 12.8. The van der Waals surface area contributed by atoms with Crippen LogP contribution in [0.1, 0.15) is 28.6 Å². The fourth-order valence-electron chi connectivity index (χ4n) is 2.80. The van der Waals surface area contributed by atoms with Crippen LogP contribution in [0.4, 0.5) is 13.2 Å². The van der Waals surface area contributed by atoms with E-state index in [1.165, 1.54) is 24.4 Å². The number of aliphatic hydroxyl groups is 1. The summed E-state index contributed by atoms with van der Waals surface area (Å²) < 4.78 is 44.8. The zero-order valence-corrected chi connectivity index (χ0v) is 15.2. The van der Waals surface area contributed by atoms with Crippen LogP contribution in [0.15, 0.2) is 84.7 Å². The van der Waals surface area contributed by atoms with E-state index in [1.807, 2.05) is 0 Å².